The average molecular weight is 367 g/mol. The van der Waals surface area contributed by atoms with E-state index in [1.54, 1.807) is 0 Å². The fourth-order valence-electron chi connectivity index (χ4n) is 1.85. The maximum absolute atomic E-state index is 13.0. The van der Waals surface area contributed by atoms with Crippen molar-refractivity contribution in [3.05, 3.63) is 69.0 Å². The molecule has 7 nitrogen and oxygen atoms in total. The van der Waals surface area contributed by atoms with Crippen LogP contribution in [0.3, 0.4) is 0 Å². The third-order valence-corrected chi connectivity index (χ3v) is 3.45. The number of amides is 1. The van der Waals surface area contributed by atoms with Crippen LogP contribution in [0.5, 0.6) is 0 Å². The number of rotatable bonds is 5. The summed E-state index contributed by atoms with van der Waals surface area (Å²) in [6.45, 7) is 1.32. The van der Waals surface area contributed by atoms with Crippen LogP contribution < -0.4 is 5.32 Å². The number of nitrogens with one attached hydrogen (secondary N) is 1. The lowest BCUT2D eigenvalue weighted by molar-refractivity contribution is -0.384. The van der Waals surface area contributed by atoms with E-state index < -0.39 is 28.7 Å². The number of nitro groups is 1. The molecule has 0 aromatic heterocycles. The first-order valence-corrected chi connectivity index (χ1v) is 7.37. The van der Waals surface area contributed by atoms with Gasteiger partial charge in [-0.05, 0) is 31.2 Å². The van der Waals surface area contributed by atoms with Crippen LogP contribution in [0, 0.1) is 15.9 Å². The Labute approximate surface area is 146 Å². The molecule has 9 heteroatoms. The number of non-ortho nitro benzene ring substituents is 1. The van der Waals surface area contributed by atoms with Gasteiger partial charge in [-0.1, -0.05) is 17.7 Å². The van der Waals surface area contributed by atoms with E-state index in [-0.39, 0.29) is 22.0 Å². The van der Waals surface area contributed by atoms with E-state index in [1.165, 1.54) is 31.2 Å². The van der Waals surface area contributed by atoms with Crippen LogP contribution in [-0.4, -0.2) is 22.9 Å². The van der Waals surface area contributed by atoms with E-state index in [1.807, 2.05) is 0 Å². The predicted molar refractivity (Wildman–Crippen MR) is 88.0 cm³/mol. The Bertz CT molecular complexity index is 843. The molecule has 0 heterocycles. The van der Waals surface area contributed by atoms with Gasteiger partial charge >= 0.3 is 5.97 Å². The summed E-state index contributed by atoms with van der Waals surface area (Å²) in [4.78, 5) is 34.1. The quantitative estimate of drug-likeness (QED) is 0.495. The fraction of sp³-hybridized carbons (Fsp3) is 0.125. The van der Waals surface area contributed by atoms with Crippen LogP contribution in [-0.2, 0) is 9.53 Å². The molecule has 1 atom stereocenters. The molecule has 0 radical (unpaired) electrons. The second kappa shape index (κ2) is 7.71. The molecule has 2 aromatic rings. The molecule has 130 valence electrons. The molecule has 0 saturated carbocycles. The number of ether oxygens (including phenoxy) is 1. The first kappa shape index (κ1) is 18.3. The maximum atomic E-state index is 13.0. The van der Waals surface area contributed by atoms with Gasteiger partial charge in [-0.3, -0.25) is 14.9 Å². The van der Waals surface area contributed by atoms with Crippen LogP contribution in [0.25, 0.3) is 0 Å². The lowest BCUT2D eigenvalue weighted by atomic mass is 10.2. The summed E-state index contributed by atoms with van der Waals surface area (Å²) in [5, 5.41) is 13.1. The average Bonchev–Trinajstić information content (AvgIpc) is 2.57. The summed E-state index contributed by atoms with van der Waals surface area (Å²) in [6, 6.07) is 8.34. The monoisotopic (exact) mass is 366 g/mol. The first-order chi connectivity index (χ1) is 11.8. The van der Waals surface area contributed by atoms with Gasteiger partial charge < -0.3 is 10.1 Å². The normalized spacial score (nSPS) is 11.5. The van der Waals surface area contributed by atoms with E-state index in [0.29, 0.717) is 0 Å². The van der Waals surface area contributed by atoms with Crippen molar-refractivity contribution in [1.82, 2.24) is 0 Å². The molecule has 2 rings (SSSR count). The number of nitrogens with zero attached hydrogens (tertiary/aromatic N) is 1. The highest BCUT2D eigenvalue weighted by Crippen LogP contribution is 2.23. The summed E-state index contributed by atoms with van der Waals surface area (Å²) in [5.41, 5.74) is -0.176. The Balaban J connectivity index is 2.04. The molecule has 0 aliphatic rings. The smallest absolute Gasteiger partial charge is 0.339 e. The number of carbonyl (C=O) groups is 2. The van der Waals surface area contributed by atoms with Crippen LogP contribution in [0.1, 0.15) is 17.3 Å². The van der Waals surface area contributed by atoms with Crippen molar-refractivity contribution in [2.24, 2.45) is 0 Å². The number of hydrogen-bond donors (Lipinski definition) is 1. The molecule has 0 bridgehead atoms. The molecular weight excluding hydrogens is 355 g/mol. The van der Waals surface area contributed by atoms with Crippen molar-refractivity contribution < 1.29 is 23.6 Å². The molecule has 0 saturated heterocycles. The van der Waals surface area contributed by atoms with Crippen LogP contribution in [0.2, 0.25) is 5.02 Å². The molecule has 2 aromatic carbocycles. The van der Waals surface area contributed by atoms with Gasteiger partial charge in [-0.15, -0.1) is 0 Å². The van der Waals surface area contributed by atoms with Crippen molar-refractivity contribution >= 4 is 34.9 Å². The Hall–Kier alpha value is -3.00. The van der Waals surface area contributed by atoms with Crippen molar-refractivity contribution in [3.8, 4) is 0 Å². The van der Waals surface area contributed by atoms with Crippen molar-refractivity contribution in [3.63, 3.8) is 0 Å². The van der Waals surface area contributed by atoms with Gasteiger partial charge in [0.1, 0.15) is 5.82 Å². The van der Waals surface area contributed by atoms with Crippen LogP contribution in [0.15, 0.2) is 42.5 Å². The van der Waals surface area contributed by atoms with E-state index in [0.717, 1.165) is 18.2 Å². The van der Waals surface area contributed by atoms with Crippen molar-refractivity contribution in [2.45, 2.75) is 13.0 Å². The molecule has 0 aliphatic heterocycles. The minimum atomic E-state index is -1.20. The van der Waals surface area contributed by atoms with Gasteiger partial charge in [0.15, 0.2) is 6.10 Å². The summed E-state index contributed by atoms with van der Waals surface area (Å²) < 4.78 is 18.0. The lowest BCUT2D eigenvalue weighted by Crippen LogP contribution is -2.30. The molecule has 0 spiro atoms. The number of nitro benzene ring substituents is 1. The van der Waals surface area contributed by atoms with Gasteiger partial charge in [0.05, 0.1) is 21.2 Å². The van der Waals surface area contributed by atoms with E-state index in [9.17, 15) is 24.1 Å². The topological polar surface area (TPSA) is 98.5 Å². The van der Waals surface area contributed by atoms with E-state index in [2.05, 4.69) is 5.32 Å². The zero-order valence-electron chi connectivity index (χ0n) is 12.9. The molecule has 0 fully saturated rings. The highest BCUT2D eigenvalue weighted by molar-refractivity contribution is 6.33. The lowest BCUT2D eigenvalue weighted by Gasteiger charge is -2.14. The van der Waals surface area contributed by atoms with E-state index >= 15 is 0 Å². The minimum Gasteiger partial charge on any atom is -0.449 e. The molecule has 0 unspecified atom stereocenters. The minimum absolute atomic E-state index is 0.00874. The Morgan fingerprint density at radius 2 is 2.00 bits per heavy atom. The third kappa shape index (κ3) is 4.74. The summed E-state index contributed by atoms with van der Waals surface area (Å²) in [5.74, 6) is -2.14. The number of hydrogen-bond acceptors (Lipinski definition) is 5. The first-order valence-electron chi connectivity index (χ1n) is 6.99. The maximum Gasteiger partial charge on any atom is 0.339 e. The number of halogens is 2. The largest absolute Gasteiger partial charge is 0.449 e. The third-order valence-electron chi connectivity index (χ3n) is 3.13. The highest BCUT2D eigenvalue weighted by atomic mass is 35.5. The van der Waals surface area contributed by atoms with Crippen LogP contribution in [0.4, 0.5) is 15.8 Å². The van der Waals surface area contributed by atoms with Gasteiger partial charge in [0.2, 0.25) is 0 Å². The predicted octanol–water partition coefficient (Wildman–Crippen LogP) is 3.57. The van der Waals surface area contributed by atoms with Crippen LogP contribution >= 0.6 is 11.6 Å². The molecular formula is C16H12ClFN2O5. The molecule has 1 N–H and O–H groups in total. The van der Waals surface area contributed by atoms with E-state index in [4.69, 9.17) is 16.3 Å². The van der Waals surface area contributed by atoms with Gasteiger partial charge in [-0.25, -0.2) is 9.18 Å². The van der Waals surface area contributed by atoms with Gasteiger partial charge in [-0.2, -0.15) is 0 Å². The standard InChI is InChI=1S/C16H12ClFN2O5/c1-9(15(21)19-14-6-5-11(18)8-13(14)17)25-16(22)10-3-2-4-12(7-10)20(23)24/h2-9H,1H3,(H,19,21)/t9-/m0/s1. The highest BCUT2D eigenvalue weighted by Gasteiger charge is 2.21. The second-order valence-corrected chi connectivity index (χ2v) is 5.38. The van der Waals surface area contributed by atoms with Gasteiger partial charge in [0.25, 0.3) is 11.6 Å². The summed E-state index contributed by atoms with van der Waals surface area (Å²) in [6.07, 6.45) is -1.20. The summed E-state index contributed by atoms with van der Waals surface area (Å²) in [7, 11) is 0. The zero-order chi connectivity index (χ0) is 18.6. The number of esters is 1. The number of carbonyl (C=O) groups excluding carboxylic acids is 2. The van der Waals surface area contributed by atoms with Crippen molar-refractivity contribution in [1.29, 1.82) is 0 Å². The molecule has 25 heavy (non-hydrogen) atoms. The summed E-state index contributed by atoms with van der Waals surface area (Å²) >= 11 is 5.80. The Morgan fingerprint density at radius 3 is 2.64 bits per heavy atom. The Morgan fingerprint density at radius 1 is 1.28 bits per heavy atom. The molecule has 0 aliphatic carbocycles. The Kier molecular flexibility index (Phi) is 5.66. The fourth-order valence-corrected chi connectivity index (χ4v) is 2.07. The zero-order valence-corrected chi connectivity index (χ0v) is 13.6. The molecule has 1 amide bonds. The second-order valence-electron chi connectivity index (χ2n) is 4.97. The SMILES string of the molecule is C[C@H](OC(=O)c1cccc([N+](=O)[O-])c1)C(=O)Nc1ccc(F)cc1Cl. The van der Waals surface area contributed by atoms with Gasteiger partial charge in [0, 0.05) is 12.1 Å². The number of anilines is 1. The number of benzene rings is 2. The van der Waals surface area contributed by atoms with Crippen molar-refractivity contribution in [2.75, 3.05) is 5.32 Å².